The van der Waals surface area contributed by atoms with Crippen LogP contribution in [-0.4, -0.2) is 22.3 Å². The van der Waals surface area contributed by atoms with E-state index in [1.54, 1.807) is 5.38 Å². The molecule has 154 valence electrons. The van der Waals surface area contributed by atoms with Crippen LogP contribution < -0.4 is 5.32 Å². The van der Waals surface area contributed by atoms with Crippen molar-refractivity contribution in [2.75, 3.05) is 11.9 Å². The van der Waals surface area contributed by atoms with Crippen molar-refractivity contribution in [3.05, 3.63) is 68.1 Å². The average Bonchev–Trinajstić information content (AvgIpc) is 3.30. The molecule has 0 bridgehead atoms. The molecule has 0 saturated heterocycles. The molecule has 0 aliphatic heterocycles. The van der Waals surface area contributed by atoms with E-state index in [1.165, 1.54) is 45.4 Å². The van der Waals surface area contributed by atoms with Gasteiger partial charge in [-0.1, -0.05) is 13.8 Å². The highest BCUT2D eigenvalue weighted by Gasteiger charge is 2.15. The maximum Gasteiger partial charge on any atom is 0.275 e. The predicted octanol–water partition coefficient (Wildman–Crippen LogP) is 5.95. The SMILES string of the molecule is Cc1ccc(CN(CCC(C)C)Cc2nc(C(=O)Nc3ccc(F)cc3)cs2)s1. The highest BCUT2D eigenvalue weighted by atomic mass is 32.1. The molecule has 1 amide bonds. The molecule has 7 heteroatoms. The second kappa shape index (κ2) is 10.1. The Hall–Kier alpha value is -2.09. The number of amides is 1. The van der Waals surface area contributed by atoms with E-state index in [-0.39, 0.29) is 11.7 Å². The molecule has 0 aliphatic carbocycles. The number of anilines is 1. The van der Waals surface area contributed by atoms with Crippen LogP contribution in [0, 0.1) is 18.7 Å². The fraction of sp³-hybridized carbons (Fsp3) is 0.364. The van der Waals surface area contributed by atoms with E-state index in [1.807, 2.05) is 11.3 Å². The molecule has 1 N–H and O–H groups in total. The summed E-state index contributed by atoms with van der Waals surface area (Å²) in [6.45, 7) is 9.19. The summed E-state index contributed by atoms with van der Waals surface area (Å²) >= 11 is 3.32. The summed E-state index contributed by atoms with van der Waals surface area (Å²) in [4.78, 5) is 22.0. The fourth-order valence-corrected chi connectivity index (χ4v) is 4.60. The van der Waals surface area contributed by atoms with E-state index in [0.717, 1.165) is 31.1 Å². The molecule has 3 aromatic rings. The van der Waals surface area contributed by atoms with Crippen LogP contribution in [0.2, 0.25) is 0 Å². The van der Waals surface area contributed by atoms with Gasteiger partial charge in [0.1, 0.15) is 16.5 Å². The van der Waals surface area contributed by atoms with Crippen molar-refractivity contribution in [1.29, 1.82) is 0 Å². The number of carbonyl (C=O) groups excluding carboxylic acids is 1. The van der Waals surface area contributed by atoms with Crippen molar-refractivity contribution in [2.45, 2.75) is 40.3 Å². The zero-order valence-electron chi connectivity index (χ0n) is 16.9. The Balaban J connectivity index is 1.64. The molecule has 0 saturated carbocycles. The van der Waals surface area contributed by atoms with Gasteiger partial charge in [-0.15, -0.1) is 22.7 Å². The molecule has 0 radical (unpaired) electrons. The molecule has 0 aliphatic rings. The summed E-state index contributed by atoms with van der Waals surface area (Å²) in [5, 5.41) is 5.47. The number of nitrogens with zero attached hydrogens (tertiary/aromatic N) is 2. The van der Waals surface area contributed by atoms with Crippen molar-refractivity contribution in [3.8, 4) is 0 Å². The third-order valence-electron chi connectivity index (χ3n) is 4.44. The Morgan fingerprint density at radius 2 is 1.93 bits per heavy atom. The maximum atomic E-state index is 13.0. The highest BCUT2D eigenvalue weighted by molar-refractivity contribution is 7.11. The highest BCUT2D eigenvalue weighted by Crippen LogP contribution is 2.21. The van der Waals surface area contributed by atoms with Crippen molar-refractivity contribution in [1.82, 2.24) is 9.88 Å². The molecule has 0 unspecified atom stereocenters. The third kappa shape index (κ3) is 6.73. The number of carbonyl (C=O) groups is 1. The zero-order valence-corrected chi connectivity index (χ0v) is 18.6. The topological polar surface area (TPSA) is 45.2 Å². The second-order valence-electron chi connectivity index (χ2n) is 7.49. The van der Waals surface area contributed by atoms with Gasteiger partial charge in [-0.3, -0.25) is 9.69 Å². The standard InChI is InChI=1S/C22H26FN3OS2/c1-15(2)10-11-26(12-19-9-4-16(3)29-19)13-21-25-20(14-28-21)22(27)24-18-7-5-17(23)6-8-18/h4-9,14-15H,10-13H2,1-3H3,(H,24,27). The largest absolute Gasteiger partial charge is 0.321 e. The molecule has 0 atom stereocenters. The van der Waals surface area contributed by atoms with E-state index in [4.69, 9.17) is 0 Å². The molecule has 0 spiro atoms. The van der Waals surface area contributed by atoms with Crippen LogP contribution in [0.3, 0.4) is 0 Å². The second-order valence-corrected chi connectivity index (χ2v) is 9.81. The predicted molar refractivity (Wildman–Crippen MR) is 119 cm³/mol. The minimum absolute atomic E-state index is 0.276. The van der Waals surface area contributed by atoms with Crippen LogP contribution in [-0.2, 0) is 13.1 Å². The summed E-state index contributed by atoms with van der Waals surface area (Å²) in [6.07, 6.45) is 1.12. The van der Waals surface area contributed by atoms with Crippen molar-refractivity contribution < 1.29 is 9.18 Å². The quantitative estimate of drug-likeness (QED) is 0.455. The van der Waals surface area contributed by atoms with Gasteiger partial charge in [-0.05, 0) is 62.2 Å². The Morgan fingerprint density at radius 3 is 2.59 bits per heavy atom. The summed E-state index contributed by atoms with van der Waals surface area (Å²) in [6, 6.07) is 10.1. The fourth-order valence-electron chi connectivity index (χ4n) is 2.85. The van der Waals surface area contributed by atoms with E-state index >= 15 is 0 Å². The molecule has 2 aromatic heterocycles. The van der Waals surface area contributed by atoms with E-state index in [0.29, 0.717) is 17.3 Å². The number of aryl methyl sites for hydroxylation is 1. The number of thiazole rings is 1. The van der Waals surface area contributed by atoms with Crippen molar-refractivity contribution >= 4 is 34.3 Å². The lowest BCUT2D eigenvalue weighted by Gasteiger charge is -2.21. The van der Waals surface area contributed by atoms with Crippen LogP contribution in [0.5, 0.6) is 0 Å². The van der Waals surface area contributed by atoms with Crippen LogP contribution in [0.4, 0.5) is 10.1 Å². The van der Waals surface area contributed by atoms with Crippen molar-refractivity contribution in [2.24, 2.45) is 5.92 Å². The van der Waals surface area contributed by atoms with Gasteiger partial charge in [-0.2, -0.15) is 0 Å². The van der Waals surface area contributed by atoms with Crippen molar-refractivity contribution in [3.63, 3.8) is 0 Å². The van der Waals surface area contributed by atoms with Gasteiger partial charge >= 0.3 is 0 Å². The van der Waals surface area contributed by atoms with E-state index in [9.17, 15) is 9.18 Å². The molecule has 3 rings (SSSR count). The maximum absolute atomic E-state index is 13.0. The normalized spacial score (nSPS) is 11.4. The zero-order chi connectivity index (χ0) is 20.8. The number of nitrogens with one attached hydrogen (secondary N) is 1. The minimum atomic E-state index is -0.332. The van der Waals surface area contributed by atoms with Crippen LogP contribution in [0.25, 0.3) is 0 Å². The first-order valence-corrected chi connectivity index (χ1v) is 11.4. The molecule has 0 fully saturated rings. The molecular formula is C22H26FN3OS2. The Morgan fingerprint density at radius 1 is 1.17 bits per heavy atom. The van der Waals surface area contributed by atoms with Gasteiger partial charge in [0.05, 0.1) is 6.54 Å². The van der Waals surface area contributed by atoms with Gasteiger partial charge in [0.15, 0.2) is 0 Å². The Bertz CT molecular complexity index is 934. The van der Waals surface area contributed by atoms with Gasteiger partial charge < -0.3 is 5.32 Å². The van der Waals surface area contributed by atoms with Crippen LogP contribution in [0.1, 0.15) is 45.5 Å². The molecular weight excluding hydrogens is 405 g/mol. The number of halogens is 1. The van der Waals surface area contributed by atoms with E-state index in [2.05, 4.69) is 48.1 Å². The molecule has 1 aromatic carbocycles. The van der Waals surface area contributed by atoms with Gasteiger partial charge in [-0.25, -0.2) is 9.37 Å². The molecule has 29 heavy (non-hydrogen) atoms. The Kier molecular flexibility index (Phi) is 7.52. The summed E-state index contributed by atoms with van der Waals surface area (Å²) in [5.41, 5.74) is 0.947. The first-order chi connectivity index (χ1) is 13.9. The minimum Gasteiger partial charge on any atom is -0.321 e. The first kappa shape index (κ1) is 21.6. The number of hydrogen-bond acceptors (Lipinski definition) is 5. The average molecular weight is 432 g/mol. The lowest BCUT2D eigenvalue weighted by Crippen LogP contribution is -2.24. The van der Waals surface area contributed by atoms with Gasteiger partial charge in [0.25, 0.3) is 5.91 Å². The number of thiophene rings is 1. The summed E-state index contributed by atoms with van der Waals surface area (Å²) in [7, 11) is 0. The first-order valence-electron chi connectivity index (χ1n) is 9.68. The number of aromatic nitrogens is 1. The smallest absolute Gasteiger partial charge is 0.275 e. The summed E-state index contributed by atoms with van der Waals surface area (Å²) < 4.78 is 13.0. The van der Waals surface area contributed by atoms with E-state index < -0.39 is 0 Å². The van der Waals surface area contributed by atoms with Crippen LogP contribution >= 0.6 is 22.7 Å². The third-order valence-corrected chi connectivity index (χ3v) is 6.26. The summed E-state index contributed by atoms with van der Waals surface area (Å²) in [5.74, 6) is 0.0269. The van der Waals surface area contributed by atoms with Gasteiger partial charge in [0, 0.05) is 27.4 Å². The van der Waals surface area contributed by atoms with Crippen LogP contribution in [0.15, 0.2) is 41.8 Å². The molecule has 2 heterocycles. The lowest BCUT2D eigenvalue weighted by molar-refractivity contribution is 0.102. The number of rotatable bonds is 9. The molecule has 4 nitrogen and oxygen atoms in total. The number of benzene rings is 1. The Labute approximate surface area is 179 Å². The van der Waals surface area contributed by atoms with Gasteiger partial charge in [0.2, 0.25) is 0 Å². The lowest BCUT2D eigenvalue weighted by atomic mass is 10.1. The number of hydrogen-bond donors (Lipinski definition) is 1. The monoisotopic (exact) mass is 431 g/mol.